The topological polar surface area (TPSA) is 86.0 Å². The van der Waals surface area contributed by atoms with Crippen LogP contribution in [-0.4, -0.2) is 50.8 Å². The molecule has 1 fully saturated rings. The van der Waals surface area contributed by atoms with Crippen molar-refractivity contribution >= 4 is 20.6 Å². The van der Waals surface area contributed by atoms with Crippen LogP contribution in [0.15, 0.2) is 52.6 Å². The molecule has 1 amide bonds. The van der Waals surface area contributed by atoms with Gasteiger partial charge in [0.25, 0.3) is 5.91 Å². The zero-order valence-electron chi connectivity index (χ0n) is 16.9. The number of amides is 1. The fraction of sp³-hybridized carbons (Fsp3) is 0.409. The van der Waals surface area contributed by atoms with Gasteiger partial charge in [0.2, 0.25) is 5.76 Å². The van der Waals surface area contributed by atoms with Gasteiger partial charge in [-0.1, -0.05) is 30.3 Å². The molecule has 2 aromatic rings. The van der Waals surface area contributed by atoms with Crippen molar-refractivity contribution in [1.82, 2.24) is 4.90 Å². The van der Waals surface area contributed by atoms with Crippen molar-refractivity contribution in [1.29, 1.82) is 0 Å². The van der Waals surface area contributed by atoms with Crippen molar-refractivity contribution in [2.75, 3.05) is 25.5 Å². The maximum Gasteiger partial charge on any atom is 0.290 e. The first kappa shape index (κ1) is 20.7. The summed E-state index contributed by atoms with van der Waals surface area (Å²) in [6.07, 6.45) is 1.70. The minimum Gasteiger partial charge on any atom is -0.486 e. The average molecular weight is 432 g/mol. The number of hydrogen-bond donors (Lipinski definition) is 0. The van der Waals surface area contributed by atoms with E-state index in [2.05, 4.69) is 0 Å². The summed E-state index contributed by atoms with van der Waals surface area (Å²) >= 11 is 0. The molecule has 0 N–H and O–H groups in total. The number of aryl methyl sites for hydroxylation is 1. The Morgan fingerprint density at radius 1 is 1.13 bits per heavy atom. The van der Waals surface area contributed by atoms with Crippen molar-refractivity contribution in [2.45, 2.75) is 32.4 Å². The Hall–Kier alpha value is -2.58. The van der Waals surface area contributed by atoms with E-state index < -0.39 is 15.7 Å². The van der Waals surface area contributed by atoms with E-state index in [0.717, 1.165) is 18.6 Å². The molecule has 2 aliphatic rings. The van der Waals surface area contributed by atoms with Gasteiger partial charge < -0.3 is 18.8 Å². The molecular formula is C22H25NO6S. The number of hydrogen-bond acceptors (Lipinski definition) is 6. The van der Waals surface area contributed by atoms with Crippen LogP contribution in [0.4, 0.5) is 0 Å². The molecule has 1 atom stereocenters. The molecule has 1 aromatic carbocycles. The second-order valence-electron chi connectivity index (χ2n) is 7.52. The number of sulfone groups is 1. The van der Waals surface area contributed by atoms with Gasteiger partial charge in [0, 0.05) is 13.2 Å². The number of rotatable bonds is 6. The summed E-state index contributed by atoms with van der Waals surface area (Å²) in [5.74, 6) is 0.613. The lowest BCUT2D eigenvalue weighted by Gasteiger charge is -2.28. The predicted molar refractivity (Wildman–Crippen MR) is 111 cm³/mol. The highest BCUT2D eigenvalue weighted by molar-refractivity contribution is 8.00. The second-order valence-corrected chi connectivity index (χ2v) is 9.57. The van der Waals surface area contributed by atoms with Crippen molar-refractivity contribution in [2.24, 2.45) is 0 Å². The van der Waals surface area contributed by atoms with E-state index in [1.54, 1.807) is 35.2 Å². The number of nitrogens with zero attached hydrogens (tertiary/aromatic N) is 1. The fourth-order valence-corrected chi connectivity index (χ4v) is 5.21. The highest BCUT2D eigenvalue weighted by Gasteiger charge is 2.36. The Morgan fingerprint density at radius 2 is 1.93 bits per heavy atom. The number of carbonyl (C=O) groups is 1. The first-order valence-corrected chi connectivity index (χ1v) is 11.7. The molecule has 0 unspecified atom stereocenters. The summed E-state index contributed by atoms with van der Waals surface area (Å²) in [7, 11) is -3.65. The van der Waals surface area contributed by atoms with Gasteiger partial charge >= 0.3 is 0 Å². The molecule has 3 heterocycles. The molecule has 1 aromatic heterocycles. The van der Waals surface area contributed by atoms with Crippen LogP contribution in [0.25, 0.3) is 4.91 Å². The monoisotopic (exact) mass is 431 g/mol. The van der Waals surface area contributed by atoms with E-state index in [-0.39, 0.29) is 35.7 Å². The summed E-state index contributed by atoms with van der Waals surface area (Å²) < 4.78 is 42.8. The third kappa shape index (κ3) is 4.44. The summed E-state index contributed by atoms with van der Waals surface area (Å²) in [5, 5.41) is 0. The molecule has 30 heavy (non-hydrogen) atoms. The molecule has 0 aliphatic carbocycles. The number of furan rings is 1. The Labute approximate surface area is 176 Å². The van der Waals surface area contributed by atoms with Crippen LogP contribution in [0, 0.1) is 6.92 Å². The zero-order chi connectivity index (χ0) is 21.1. The van der Waals surface area contributed by atoms with Crippen LogP contribution in [0.5, 0.6) is 0 Å². The lowest BCUT2D eigenvalue weighted by Crippen LogP contribution is -2.40. The number of carbonyl (C=O) groups excluding carboxylic acids is 1. The normalized spacial score (nSPS) is 20.8. The third-order valence-electron chi connectivity index (χ3n) is 5.22. The summed E-state index contributed by atoms with van der Waals surface area (Å²) in [4.78, 5) is 15.1. The lowest BCUT2D eigenvalue weighted by atomic mass is 10.1. The summed E-state index contributed by atoms with van der Waals surface area (Å²) in [6, 6.07) is 12.3. The second kappa shape index (κ2) is 8.65. The first-order valence-electron chi connectivity index (χ1n) is 10.1. The van der Waals surface area contributed by atoms with E-state index in [1.165, 1.54) is 0 Å². The highest BCUT2D eigenvalue weighted by atomic mass is 32.2. The molecule has 8 heteroatoms. The van der Waals surface area contributed by atoms with Gasteiger partial charge in [-0.3, -0.25) is 4.79 Å². The zero-order valence-corrected chi connectivity index (χ0v) is 17.7. The fourth-order valence-electron chi connectivity index (χ4n) is 3.78. The smallest absolute Gasteiger partial charge is 0.290 e. The highest BCUT2D eigenvalue weighted by Crippen LogP contribution is 2.31. The molecule has 1 saturated heterocycles. The van der Waals surface area contributed by atoms with Gasteiger partial charge in [-0.15, -0.1) is 0 Å². The van der Waals surface area contributed by atoms with Crippen LogP contribution in [-0.2, 0) is 30.7 Å². The number of ether oxygens (including phenoxy) is 2. The largest absolute Gasteiger partial charge is 0.486 e. The Morgan fingerprint density at radius 3 is 2.60 bits per heavy atom. The molecule has 2 aliphatic heterocycles. The summed E-state index contributed by atoms with van der Waals surface area (Å²) in [5.41, 5.74) is 0.450. The van der Waals surface area contributed by atoms with Crippen LogP contribution in [0.2, 0.25) is 0 Å². The standard InChI is InChI=1S/C22H25NO6S/c1-16-9-10-19(29-16)15-23(14-18-8-5-11-27-18)22(24)20-21(17-6-3-2-4-7-17)30(25,26)13-12-28-20/h2-4,6-7,9-10,18H,5,8,11-15H2,1H3/t18-/m1/s1. The van der Waals surface area contributed by atoms with Crippen molar-refractivity contribution < 1.29 is 27.1 Å². The quantitative estimate of drug-likeness (QED) is 0.699. The third-order valence-corrected chi connectivity index (χ3v) is 6.97. The van der Waals surface area contributed by atoms with Gasteiger partial charge in [0.1, 0.15) is 23.0 Å². The van der Waals surface area contributed by atoms with E-state index in [0.29, 0.717) is 24.5 Å². The van der Waals surface area contributed by atoms with E-state index in [9.17, 15) is 13.2 Å². The van der Waals surface area contributed by atoms with Crippen LogP contribution < -0.4 is 0 Å². The number of benzene rings is 1. The Balaban J connectivity index is 1.72. The minimum absolute atomic E-state index is 0.0482. The van der Waals surface area contributed by atoms with Gasteiger partial charge in [-0.25, -0.2) is 8.42 Å². The maximum atomic E-state index is 13.6. The molecule has 7 nitrogen and oxygen atoms in total. The van der Waals surface area contributed by atoms with Crippen LogP contribution in [0.3, 0.4) is 0 Å². The molecule has 0 saturated carbocycles. The van der Waals surface area contributed by atoms with Crippen molar-refractivity contribution in [3.05, 3.63) is 65.3 Å². The molecule has 0 radical (unpaired) electrons. The molecule has 0 spiro atoms. The minimum atomic E-state index is -3.65. The van der Waals surface area contributed by atoms with E-state index in [4.69, 9.17) is 13.9 Å². The Bertz CT molecular complexity index is 1030. The van der Waals surface area contributed by atoms with Gasteiger partial charge in [-0.2, -0.15) is 0 Å². The SMILES string of the molecule is Cc1ccc(CN(C[C@H]2CCCO2)C(=O)C2=C(c3ccccc3)S(=O)(=O)CCO2)o1. The van der Waals surface area contributed by atoms with E-state index >= 15 is 0 Å². The molecule has 160 valence electrons. The van der Waals surface area contributed by atoms with E-state index in [1.807, 2.05) is 19.1 Å². The van der Waals surface area contributed by atoms with Gasteiger partial charge in [0.05, 0.1) is 18.4 Å². The summed E-state index contributed by atoms with van der Waals surface area (Å²) in [6.45, 7) is 3.00. The van der Waals surface area contributed by atoms with Crippen LogP contribution >= 0.6 is 0 Å². The Kier molecular flexibility index (Phi) is 5.97. The average Bonchev–Trinajstić information content (AvgIpc) is 3.38. The van der Waals surface area contributed by atoms with Crippen molar-refractivity contribution in [3.8, 4) is 0 Å². The lowest BCUT2D eigenvalue weighted by molar-refractivity contribution is -0.133. The van der Waals surface area contributed by atoms with Gasteiger partial charge in [-0.05, 0) is 37.5 Å². The maximum absolute atomic E-state index is 13.6. The predicted octanol–water partition coefficient (Wildman–Crippen LogP) is 2.91. The molecule has 4 rings (SSSR count). The molecular weight excluding hydrogens is 406 g/mol. The van der Waals surface area contributed by atoms with Crippen LogP contribution in [0.1, 0.15) is 29.9 Å². The van der Waals surface area contributed by atoms with Crippen molar-refractivity contribution in [3.63, 3.8) is 0 Å². The molecule has 0 bridgehead atoms. The van der Waals surface area contributed by atoms with Gasteiger partial charge in [0.15, 0.2) is 9.84 Å². The first-order chi connectivity index (χ1) is 14.4.